The second kappa shape index (κ2) is 6.80. The lowest BCUT2D eigenvalue weighted by Crippen LogP contribution is -2.15. The van der Waals surface area contributed by atoms with Crippen LogP contribution in [0.1, 0.15) is 49.7 Å². The van der Waals surface area contributed by atoms with Gasteiger partial charge in [0.2, 0.25) is 0 Å². The molecule has 0 bridgehead atoms. The minimum absolute atomic E-state index is 0.223. The number of benzene rings is 1. The molecule has 1 aromatic heterocycles. The molecule has 0 aliphatic rings. The number of carbonyl (C=O) groups excluding carboxylic acids is 1. The highest BCUT2D eigenvalue weighted by atomic mass is 32.2. The average Bonchev–Trinajstić information content (AvgIpc) is 2.96. The van der Waals surface area contributed by atoms with Gasteiger partial charge in [-0.3, -0.25) is 10.1 Å². The molecule has 23 heavy (non-hydrogen) atoms. The molecule has 1 aromatic carbocycles. The van der Waals surface area contributed by atoms with Crippen molar-refractivity contribution in [3.63, 3.8) is 0 Å². The zero-order chi connectivity index (χ0) is 17.2. The SMILES string of the molecule is CC(C)c1csc(NC(=O)c2ccc(S(=O)(=O)C(C)C)cc2)n1. The van der Waals surface area contributed by atoms with Crippen LogP contribution in [0.4, 0.5) is 5.13 Å². The van der Waals surface area contributed by atoms with E-state index in [2.05, 4.69) is 10.3 Å². The van der Waals surface area contributed by atoms with Gasteiger partial charge >= 0.3 is 0 Å². The maximum atomic E-state index is 12.2. The quantitative estimate of drug-likeness (QED) is 0.890. The fourth-order valence-electron chi connectivity index (χ4n) is 1.85. The van der Waals surface area contributed by atoms with E-state index in [1.165, 1.54) is 35.6 Å². The van der Waals surface area contributed by atoms with Crippen molar-refractivity contribution in [3.8, 4) is 0 Å². The first-order valence-corrected chi connectivity index (χ1v) is 9.75. The van der Waals surface area contributed by atoms with Gasteiger partial charge in [-0.25, -0.2) is 13.4 Å². The topological polar surface area (TPSA) is 76.1 Å². The van der Waals surface area contributed by atoms with E-state index in [4.69, 9.17) is 0 Å². The van der Waals surface area contributed by atoms with Crippen molar-refractivity contribution in [1.29, 1.82) is 0 Å². The van der Waals surface area contributed by atoms with Crippen molar-refractivity contribution < 1.29 is 13.2 Å². The van der Waals surface area contributed by atoms with Crippen LogP contribution in [-0.2, 0) is 9.84 Å². The normalized spacial score (nSPS) is 11.9. The van der Waals surface area contributed by atoms with Crippen LogP contribution >= 0.6 is 11.3 Å². The number of hydrogen-bond donors (Lipinski definition) is 1. The van der Waals surface area contributed by atoms with Gasteiger partial charge in [0.25, 0.3) is 5.91 Å². The molecule has 0 saturated heterocycles. The Morgan fingerprint density at radius 1 is 1.13 bits per heavy atom. The molecule has 0 aliphatic carbocycles. The van der Waals surface area contributed by atoms with Gasteiger partial charge in [0.15, 0.2) is 15.0 Å². The third-order valence-electron chi connectivity index (χ3n) is 3.40. The molecule has 0 atom stereocenters. The van der Waals surface area contributed by atoms with Crippen molar-refractivity contribution >= 4 is 32.2 Å². The standard InChI is InChI=1S/C16H20N2O3S2/c1-10(2)14-9-22-16(17-14)18-15(19)12-5-7-13(8-6-12)23(20,21)11(3)4/h5-11H,1-4H3,(H,17,18,19). The van der Waals surface area contributed by atoms with Crippen LogP contribution in [0, 0.1) is 0 Å². The molecule has 7 heteroatoms. The number of nitrogens with zero attached hydrogens (tertiary/aromatic N) is 1. The van der Waals surface area contributed by atoms with E-state index in [1.807, 2.05) is 19.2 Å². The molecule has 1 N–H and O–H groups in total. The molecular weight excluding hydrogens is 332 g/mol. The van der Waals surface area contributed by atoms with Crippen LogP contribution in [-0.4, -0.2) is 24.6 Å². The second-order valence-electron chi connectivity index (χ2n) is 5.80. The number of carbonyl (C=O) groups is 1. The first kappa shape index (κ1) is 17.6. The second-order valence-corrected chi connectivity index (χ2v) is 9.17. The average molecular weight is 352 g/mol. The predicted molar refractivity (Wildman–Crippen MR) is 92.9 cm³/mol. The molecule has 124 valence electrons. The van der Waals surface area contributed by atoms with E-state index in [0.29, 0.717) is 16.6 Å². The van der Waals surface area contributed by atoms with Crippen LogP contribution in [0.15, 0.2) is 34.5 Å². The molecule has 0 fully saturated rings. The summed E-state index contributed by atoms with van der Waals surface area (Å²) in [6, 6.07) is 5.96. The lowest BCUT2D eigenvalue weighted by molar-refractivity contribution is 0.102. The number of thiazole rings is 1. The third kappa shape index (κ3) is 3.97. The molecule has 2 rings (SSSR count). The van der Waals surface area contributed by atoms with Gasteiger partial charge in [-0.2, -0.15) is 0 Å². The van der Waals surface area contributed by atoms with Crippen molar-refractivity contribution in [1.82, 2.24) is 4.98 Å². The van der Waals surface area contributed by atoms with Crippen molar-refractivity contribution in [3.05, 3.63) is 40.9 Å². The largest absolute Gasteiger partial charge is 0.298 e. The van der Waals surface area contributed by atoms with Gasteiger partial charge in [-0.05, 0) is 44.0 Å². The maximum absolute atomic E-state index is 12.2. The Balaban J connectivity index is 2.14. The molecule has 2 aromatic rings. The zero-order valence-electron chi connectivity index (χ0n) is 13.5. The number of hydrogen-bond acceptors (Lipinski definition) is 5. The zero-order valence-corrected chi connectivity index (χ0v) is 15.2. The van der Waals surface area contributed by atoms with Gasteiger partial charge in [0.1, 0.15) is 0 Å². The van der Waals surface area contributed by atoms with Crippen LogP contribution in [0.5, 0.6) is 0 Å². The summed E-state index contributed by atoms with van der Waals surface area (Å²) in [4.78, 5) is 16.8. The third-order valence-corrected chi connectivity index (χ3v) is 6.35. The summed E-state index contributed by atoms with van der Waals surface area (Å²) in [7, 11) is -3.33. The highest BCUT2D eigenvalue weighted by Gasteiger charge is 2.19. The summed E-state index contributed by atoms with van der Waals surface area (Å²) in [5.41, 5.74) is 1.33. The van der Waals surface area contributed by atoms with E-state index < -0.39 is 15.1 Å². The predicted octanol–water partition coefficient (Wildman–Crippen LogP) is 3.70. The minimum atomic E-state index is -3.33. The van der Waals surface area contributed by atoms with Gasteiger partial charge in [0, 0.05) is 10.9 Å². The Morgan fingerprint density at radius 3 is 2.22 bits per heavy atom. The molecule has 0 radical (unpaired) electrons. The van der Waals surface area contributed by atoms with Gasteiger partial charge in [-0.1, -0.05) is 13.8 Å². The monoisotopic (exact) mass is 352 g/mol. The lowest BCUT2D eigenvalue weighted by atomic mass is 10.2. The van der Waals surface area contributed by atoms with Crippen LogP contribution in [0.3, 0.4) is 0 Å². The first-order valence-electron chi connectivity index (χ1n) is 7.32. The maximum Gasteiger partial charge on any atom is 0.257 e. The first-order chi connectivity index (χ1) is 10.7. The summed E-state index contributed by atoms with van der Waals surface area (Å²) in [6.45, 7) is 7.33. The molecule has 5 nitrogen and oxygen atoms in total. The van der Waals surface area contributed by atoms with Crippen molar-refractivity contribution in [2.24, 2.45) is 0 Å². The summed E-state index contributed by atoms with van der Waals surface area (Å²) < 4.78 is 24.1. The number of anilines is 1. The smallest absolute Gasteiger partial charge is 0.257 e. The van der Waals surface area contributed by atoms with E-state index in [1.54, 1.807) is 13.8 Å². The Hall–Kier alpha value is -1.73. The summed E-state index contributed by atoms with van der Waals surface area (Å²) in [5, 5.41) is 4.69. The molecule has 0 aliphatic heterocycles. The lowest BCUT2D eigenvalue weighted by Gasteiger charge is -2.08. The summed E-state index contributed by atoms with van der Waals surface area (Å²) in [6.07, 6.45) is 0. The number of amides is 1. The summed E-state index contributed by atoms with van der Waals surface area (Å²) in [5.74, 6) is 0.000534. The van der Waals surface area contributed by atoms with Crippen LogP contribution in [0.25, 0.3) is 0 Å². The van der Waals surface area contributed by atoms with E-state index >= 15 is 0 Å². The van der Waals surface area contributed by atoms with Crippen molar-refractivity contribution in [2.45, 2.75) is 43.8 Å². The number of nitrogens with one attached hydrogen (secondary N) is 1. The van der Waals surface area contributed by atoms with E-state index in [-0.39, 0.29) is 10.8 Å². The minimum Gasteiger partial charge on any atom is -0.298 e. The Labute approximate surface area is 140 Å². The highest BCUT2D eigenvalue weighted by molar-refractivity contribution is 7.92. The Kier molecular flexibility index (Phi) is 5.21. The Bertz CT molecular complexity index is 791. The molecule has 0 saturated carbocycles. The summed E-state index contributed by atoms with van der Waals surface area (Å²) >= 11 is 1.37. The van der Waals surface area contributed by atoms with E-state index in [9.17, 15) is 13.2 Å². The van der Waals surface area contributed by atoms with E-state index in [0.717, 1.165) is 5.69 Å². The highest BCUT2D eigenvalue weighted by Crippen LogP contribution is 2.22. The number of rotatable bonds is 5. The van der Waals surface area contributed by atoms with Crippen molar-refractivity contribution in [2.75, 3.05) is 5.32 Å². The number of aromatic nitrogens is 1. The molecule has 0 unspecified atom stereocenters. The molecular formula is C16H20N2O3S2. The Morgan fingerprint density at radius 2 is 1.74 bits per heavy atom. The van der Waals surface area contributed by atoms with Gasteiger partial charge in [0.05, 0.1) is 15.8 Å². The molecule has 1 heterocycles. The van der Waals surface area contributed by atoms with Gasteiger partial charge < -0.3 is 0 Å². The number of sulfone groups is 1. The molecule has 1 amide bonds. The fourth-order valence-corrected chi connectivity index (χ4v) is 3.77. The van der Waals surface area contributed by atoms with Gasteiger partial charge in [-0.15, -0.1) is 11.3 Å². The van der Waals surface area contributed by atoms with Crippen LogP contribution in [0.2, 0.25) is 0 Å². The fraction of sp³-hybridized carbons (Fsp3) is 0.375. The van der Waals surface area contributed by atoms with Crippen LogP contribution < -0.4 is 5.32 Å². The molecule has 0 spiro atoms.